The SMILES string of the molecule is CC(CCCNC(=O)NCC1CC=CCC1)C(=O)O. The van der Waals surface area contributed by atoms with Crippen LogP contribution in [0.4, 0.5) is 4.79 Å². The lowest BCUT2D eigenvalue weighted by molar-refractivity contribution is -0.141. The molecule has 0 heterocycles. The van der Waals surface area contributed by atoms with Crippen molar-refractivity contribution in [2.45, 2.75) is 39.0 Å². The van der Waals surface area contributed by atoms with Gasteiger partial charge in [0.15, 0.2) is 0 Å². The average molecular weight is 268 g/mol. The van der Waals surface area contributed by atoms with E-state index in [0.29, 0.717) is 31.8 Å². The maximum Gasteiger partial charge on any atom is 0.314 e. The summed E-state index contributed by atoms with van der Waals surface area (Å²) in [5.74, 6) is -0.587. The summed E-state index contributed by atoms with van der Waals surface area (Å²) >= 11 is 0. The molecule has 0 fully saturated rings. The van der Waals surface area contributed by atoms with Crippen LogP contribution in [-0.4, -0.2) is 30.2 Å². The molecule has 0 bridgehead atoms. The van der Waals surface area contributed by atoms with E-state index >= 15 is 0 Å². The maximum absolute atomic E-state index is 11.5. The number of nitrogens with one attached hydrogen (secondary N) is 2. The number of carboxylic acids is 1. The van der Waals surface area contributed by atoms with Gasteiger partial charge in [0.1, 0.15) is 0 Å². The Labute approximate surface area is 114 Å². The third-order valence-electron chi connectivity index (χ3n) is 3.45. The summed E-state index contributed by atoms with van der Waals surface area (Å²) < 4.78 is 0. The Balaban J connectivity index is 2.01. The molecule has 2 amide bonds. The van der Waals surface area contributed by atoms with Gasteiger partial charge < -0.3 is 15.7 Å². The Kier molecular flexibility index (Phi) is 7.00. The van der Waals surface area contributed by atoms with Crippen molar-refractivity contribution < 1.29 is 14.7 Å². The van der Waals surface area contributed by atoms with Crippen LogP contribution >= 0.6 is 0 Å². The highest BCUT2D eigenvalue weighted by Gasteiger charge is 2.12. The van der Waals surface area contributed by atoms with Gasteiger partial charge in [-0.15, -0.1) is 0 Å². The number of carboxylic acid groups (broad SMARTS) is 1. The largest absolute Gasteiger partial charge is 0.481 e. The molecule has 5 heteroatoms. The second-order valence-corrected chi connectivity index (χ2v) is 5.17. The fraction of sp³-hybridized carbons (Fsp3) is 0.714. The highest BCUT2D eigenvalue weighted by atomic mass is 16.4. The van der Waals surface area contributed by atoms with Crippen molar-refractivity contribution in [2.24, 2.45) is 11.8 Å². The maximum atomic E-state index is 11.5. The number of hydrogen-bond donors (Lipinski definition) is 3. The van der Waals surface area contributed by atoms with E-state index < -0.39 is 5.97 Å². The molecule has 0 aromatic heterocycles. The van der Waals surface area contributed by atoms with E-state index in [0.717, 1.165) is 19.3 Å². The van der Waals surface area contributed by atoms with Crippen molar-refractivity contribution in [1.29, 1.82) is 0 Å². The highest BCUT2D eigenvalue weighted by Crippen LogP contribution is 2.16. The predicted octanol–water partition coefficient (Wildman–Crippen LogP) is 2.14. The zero-order valence-corrected chi connectivity index (χ0v) is 11.5. The van der Waals surface area contributed by atoms with Gasteiger partial charge in [-0.3, -0.25) is 4.79 Å². The molecular formula is C14H24N2O3. The molecule has 5 nitrogen and oxygen atoms in total. The van der Waals surface area contributed by atoms with E-state index in [2.05, 4.69) is 22.8 Å². The first-order valence-corrected chi connectivity index (χ1v) is 6.99. The minimum absolute atomic E-state index is 0.155. The molecule has 0 saturated heterocycles. The molecular weight excluding hydrogens is 244 g/mol. The molecule has 2 atom stereocenters. The Bertz CT molecular complexity index is 329. The van der Waals surface area contributed by atoms with Crippen LogP contribution in [0.5, 0.6) is 0 Å². The predicted molar refractivity (Wildman–Crippen MR) is 73.9 cm³/mol. The first-order valence-electron chi connectivity index (χ1n) is 6.99. The number of allylic oxidation sites excluding steroid dienone is 2. The Morgan fingerprint density at radius 1 is 1.37 bits per heavy atom. The number of carbonyl (C=O) groups is 2. The van der Waals surface area contributed by atoms with Crippen LogP contribution in [0.25, 0.3) is 0 Å². The molecule has 3 N–H and O–H groups in total. The fourth-order valence-corrected chi connectivity index (χ4v) is 2.07. The molecule has 0 saturated carbocycles. The zero-order chi connectivity index (χ0) is 14.1. The van der Waals surface area contributed by atoms with Crippen molar-refractivity contribution in [2.75, 3.05) is 13.1 Å². The molecule has 1 rings (SSSR count). The summed E-state index contributed by atoms with van der Waals surface area (Å²) in [6.45, 7) is 2.91. The molecule has 0 aromatic carbocycles. The highest BCUT2D eigenvalue weighted by molar-refractivity contribution is 5.73. The minimum atomic E-state index is -0.783. The number of urea groups is 1. The lowest BCUT2D eigenvalue weighted by Gasteiger charge is -2.18. The number of hydrogen-bond acceptors (Lipinski definition) is 2. The first-order chi connectivity index (χ1) is 9.09. The molecule has 19 heavy (non-hydrogen) atoms. The van der Waals surface area contributed by atoms with Gasteiger partial charge in [-0.05, 0) is 38.0 Å². The molecule has 0 aromatic rings. The number of rotatable bonds is 7. The molecule has 2 unspecified atom stereocenters. The van der Waals surface area contributed by atoms with E-state index in [-0.39, 0.29) is 11.9 Å². The van der Waals surface area contributed by atoms with Crippen molar-refractivity contribution >= 4 is 12.0 Å². The Hall–Kier alpha value is -1.52. The summed E-state index contributed by atoms with van der Waals surface area (Å²) in [6.07, 6.45) is 8.89. The van der Waals surface area contributed by atoms with Gasteiger partial charge in [0, 0.05) is 13.1 Å². The van der Waals surface area contributed by atoms with Crippen molar-refractivity contribution in [1.82, 2.24) is 10.6 Å². The molecule has 1 aliphatic rings. The van der Waals surface area contributed by atoms with Crippen molar-refractivity contribution in [3.05, 3.63) is 12.2 Å². The van der Waals surface area contributed by atoms with Gasteiger partial charge in [0.25, 0.3) is 0 Å². The topological polar surface area (TPSA) is 78.4 Å². The molecule has 0 spiro atoms. The second-order valence-electron chi connectivity index (χ2n) is 5.17. The van der Waals surface area contributed by atoms with Gasteiger partial charge in [-0.25, -0.2) is 4.79 Å². The van der Waals surface area contributed by atoms with Crippen LogP contribution in [0.15, 0.2) is 12.2 Å². The van der Waals surface area contributed by atoms with Crippen LogP contribution in [0.2, 0.25) is 0 Å². The van der Waals surface area contributed by atoms with E-state index in [9.17, 15) is 9.59 Å². The van der Waals surface area contributed by atoms with Crippen LogP contribution in [0, 0.1) is 11.8 Å². The summed E-state index contributed by atoms with van der Waals surface area (Å²) in [6, 6.07) is -0.155. The van der Waals surface area contributed by atoms with Gasteiger partial charge in [0.2, 0.25) is 0 Å². The van der Waals surface area contributed by atoms with Gasteiger partial charge in [0.05, 0.1) is 5.92 Å². The molecule has 108 valence electrons. The van der Waals surface area contributed by atoms with Crippen molar-refractivity contribution in [3.8, 4) is 0 Å². The second kappa shape index (κ2) is 8.56. The lowest BCUT2D eigenvalue weighted by atomic mass is 9.94. The number of aliphatic carboxylic acids is 1. The van der Waals surface area contributed by atoms with E-state index in [1.807, 2.05) is 0 Å². The van der Waals surface area contributed by atoms with E-state index in [1.165, 1.54) is 0 Å². The first kappa shape index (κ1) is 15.5. The van der Waals surface area contributed by atoms with Gasteiger partial charge in [-0.1, -0.05) is 19.1 Å². The lowest BCUT2D eigenvalue weighted by Crippen LogP contribution is -2.38. The van der Waals surface area contributed by atoms with Crippen molar-refractivity contribution in [3.63, 3.8) is 0 Å². The summed E-state index contributed by atoms with van der Waals surface area (Å²) in [5.41, 5.74) is 0. The zero-order valence-electron chi connectivity index (χ0n) is 11.5. The summed E-state index contributed by atoms with van der Waals surface area (Å²) in [4.78, 5) is 22.1. The van der Waals surface area contributed by atoms with E-state index in [4.69, 9.17) is 5.11 Å². The number of carbonyl (C=O) groups excluding carboxylic acids is 1. The Morgan fingerprint density at radius 2 is 2.16 bits per heavy atom. The monoisotopic (exact) mass is 268 g/mol. The fourth-order valence-electron chi connectivity index (χ4n) is 2.07. The molecule has 1 aliphatic carbocycles. The van der Waals surface area contributed by atoms with Crippen LogP contribution in [-0.2, 0) is 4.79 Å². The quantitative estimate of drug-likeness (QED) is 0.489. The molecule has 0 aliphatic heterocycles. The summed E-state index contributed by atoms with van der Waals surface area (Å²) in [5, 5.41) is 14.3. The third-order valence-corrected chi connectivity index (χ3v) is 3.45. The van der Waals surface area contributed by atoms with Crippen LogP contribution in [0.1, 0.15) is 39.0 Å². The van der Waals surface area contributed by atoms with E-state index in [1.54, 1.807) is 6.92 Å². The normalized spacial score (nSPS) is 19.7. The smallest absolute Gasteiger partial charge is 0.314 e. The Morgan fingerprint density at radius 3 is 2.79 bits per heavy atom. The summed E-state index contributed by atoms with van der Waals surface area (Å²) in [7, 11) is 0. The average Bonchev–Trinajstić information content (AvgIpc) is 2.42. The standard InChI is InChI=1S/C14H24N2O3/c1-11(13(17)18)6-5-9-15-14(19)16-10-12-7-3-2-4-8-12/h2-3,11-12H,4-10H2,1H3,(H,17,18)(H2,15,16,19). The van der Waals surface area contributed by atoms with Crippen LogP contribution in [0.3, 0.4) is 0 Å². The van der Waals surface area contributed by atoms with Gasteiger partial charge in [-0.2, -0.15) is 0 Å². The third kappa shape index (κ3) is 6.84. The van der Waals surface area contributed by atoms with Crippen LogP contribution < -0.4 is 10.6 Å². The molecule has 0 radical (unpaired) electrons. The number of amides is 2. The van der Waals surface area contributed by atoms with Gasteiger partial charge >= 0.3 is 12.0 Å². The minimum Gasteiger partial charge on any atom is -0.481 e.